The van der Waals surface area contributed by atoms with Crippen LogP contribution in [0.3, 0.4) is 0 Å². The van der Waals surface area contributed by atoms with Gasteiger partial charge in [0.2, 0.25) is 0 Å². The quantitative estimate of drug-likeness (QED) is 0.562. The molecule has 1 aliphatic heterocycles. The molecule has 0 saturated heterocycles. The number of hydrogen-bond acceptors (Lipinski definition) is 4. The lowest BCUT2D eigenvalue weighted by atomic mass is 10.1. The number of carbonyl (C=O) groups excluding carboxylic acids is 2. The standard InChI is InChI=1S/C21H21NO4/c1-3-7-15-10-11-18(19(14-15)25-2)26-13-6-12-22-20(23)16-8-4-5-9-17(16)21(22)24/h3-5,7-11,14H,6,12-13H2,1-2H3/b7-3+. The van der Waals surface area contributed by atoms with E-state index < -0.39 is 0 Å². The molecule has 0 spiro atoms. The van der Waals surface area contributed by atoms with E-state index in [2.05, 4.69) is 0 Å². The van der Waals surface area contributed by atoms with Crippen LogP contribution in [0.25, 0.3) is 6.08 Å². The summed E-state index contributed by atoms with van der Waals surface area (Å²) >= 11 is 0. The fourth-order valence-electron chi connectivity index (χ4n) is 2.95. The van der Waals surface area contributed by atoms with E-state index in [0.29, 0.717) is 42.2 Å². The summed E-state index contributed by atoms with van der Waals surface area (Å²) in [6, 6.07) is 12.6. The minimum atomic E-state index is -0.237. The summed E-state index contributed by atoms with van der Waals surface area (Å²) in [6.45, 7) is 2.66. The van der Waals surface area contributed by atoms with E-state index in [1.165, 1.54) is 4.90 Å². The Hall–Kier alpha value is -3.08. The first-order valence-corrected chi connectivity index (χ1v) is 8.54. The molecule has 0 fully saturated rings. The number of fused-ring (bicyclic) bond motifs is 1. The van der Waals surface area contributed by atoms with Gasteiger partial charge < -0.3 is 9.47 Å². The second-order valence-electron chi connectivity index (χ2n) is 5.92. The van der Waals surface area contributed by atoms with Crippen molar-refractivity contribution in [1.82, 2.24) is 4.90 Å². The van der Waals surface area contributed by atoms with Gasteiger partial charge in [-0.25, -0.2) is 0 Å². The van der Waals surface area contributed by atoms with E-state index in [-0.39, 0.29) is 11.8 Å². The molecule has 0 bridgehead atoms. The van der Waals surface area contributed by atoms with Gasteiger partial charge in [-0.1, -0.05) is 30.4 Å². The number of hydrogen-bond donors (Lipinski definition) is 0. The molecular formula is C21H21NO4. The summed E-state index contributed by atoms with van der Waals surface area (Å²) in [5.74, 6) is 0.821. The predicted molar refractivity (Wildman–Crippen MR) is 99.6 cm³/mol. The number of nitrogens with zero attached hydrogens (tertiary/aromatic N) is 1. The van der Waals surface area contributed by atoms with Crippen molar-refractivity contribution in [3.8, 4) is 11.5 Å². The van der Waals surface area contributed by atoms with Crippen molar-refractivity contribution < 1.29 is 19.1 Å². The highest BCUT2D eigenvalue weighted by molar-refractivity contribution is 6.21. The highest BCUT2D eigenvalue weighted by Crippen LogP contribution is 2.29. The molecule has 2 aromatic carbocycles. The maximum atomic E-state index is 12.3. The maximum absolute atomic E-state index is 12.3. The summed E-state index contributed by atoms with van der Waals surface area (Å²) in [7, 11) is 1.60. The number of ether oxygens (including phenoxy) is 2. The van der Waals surface area contributed by atoms with Crippen molar-refractivity contribution >= 4 is 17.9 Å². The zero-order chi connectivity index (χ0) is 18.5. The van der Waals surface area contributed by atoms with Crippen molar-refractivity contribution in [3.63, 3.8) is 0 Å². The fourth-order valence-corrected chi connectivity index (χ4v) is 2.95. The summed E-state index contributed by atoms with van der Waals surface area (Å²) in [5, 5.41) is 0. The Balaban J connectivity index is 1.57. The molecule has 0 aromatic heterocycles. The third-order valence-electron chi connectivity index (χ3n) is 4.21. The molecule has 1 aliphatic rings. The lowest BCUT2D eigenvalue weighted by molar-refractivity contribution is 0.0646. The van der Waals surface area contributed by atoms with Crippen LogP contribution in [0.15, 0.2) is 48.5 Å². The molecule has 2 aromatic rings. The number of benzene rings is 2. The topological polar surface area (TPSA) is 55.8 Å². The first kappa shape index (κ1) is 17.7. The van der Waals surface area contributed by atoms with Gasteiger partial charge in [0.15, 0.2) is 11.5 Å². The van der Waals surface area contributed by atoms with Gasteiger partial charge in [0.1, 0.15) is 0 Å². The number of amides is 2. The molecular weight excluding hydrogens is 330 g/mol. The summed E-state index contributed by atoms with van der Waals surface area (Å²) in [4.78, 5) is 25.9. The SMILES string of the molecule is C/C=C/c1ccc(OCCCN2C(=O)c3ccccc3C2=O)c(OC)c1. The van der Waals surface area contributed by atoms with Crippen molar-refractivity contribution in [1.29, 1.82) is 0 Å². The average Bonchev–Trinajstić information content (AvgIpc) is 2.91. The molecule has 0 N–H and O–H groups in total. The first-order valence-electron chi connectivity index (χ1n) is 8.54. The second kappa shape index (κ2) is 7.87. The normalized spacial score (nSPS) is 13.4. The molecule has 5 heteroatoms. The summed E-state index contributed by atoms with van der Waals surface area (Å²) in [5.41, 5.74) is 1.97. The van der Waals surface area contributed by atoms with E-state index in [4.69, 9.17) is 9.47 Å². The van der Waals surface area contributed by atoms with Gasteiger partial charge in [-0.3, -0.25) is 14.5 Å². The first-order chi connectivity index (χ1) is 12.7. The van der Waals surface area contributed by atoms with E-state index in [1.807, 2.05) is 37.3 Å². The van der Waals surface area contributed by atoms with E-state index in [1.54, 1.807) is 31.4 Å². The Morgan fingerprint density at radius 1 is 1.00 bits per heavy atom. The van der Waals surface area contributed by atoms with Crippen LogP contribution in [0.2, 0.25) is 0 Å². The van der Waals surface area contributed by atoms with Gasteiger partial charge in [0.05, 0.1) is 24.8 Å². The van der Waals surface area contributed by atoms with Crippen molar-refractivity contribution in [2.75, 3.05) is 20.3 Å². The predicted octanol–water partition coefficient (Wildman–Crippen LogP) is 3.79. The summed E-state index contributed by atoms with van der Waals surface area (Å²) in [6.07, 6.45) is 4.48. The van der Waals surface area contributed by atoms with E-state index in [9.17, 15) is 9.59 Å². The van der Waals surface area contributed by atoms with Crippen LogP contribution >= 0.6 is 0 Å². The van der Waals surface area contributed by atoms with Crippen LogP contribution in [0, 0.1) is 0 Å². The zero-order valence-electron chi connectivity index (χ0n) is 14.9. The Morgan fingerprint density at radius 2 is 1.69 bits per heavy atom. The highest BCUT2D eigenvalue weighted by atomic mass is 16.5. The lowest BCUT2D eigenvalue weighted by Crippen LogP contribution is -2.31. The molecule has 0 radical (unpaired) electrons. The van der Waals surface area contributed by atoms with Crippen LogP contribution < -0.4 is 9.47 Å². The smallest absolute Gasteiger partial charge is 0.261 e. The van der Waals surface area contributed by atoms with Gasteiger partial charge in [-0.05, 0) is 43.2 Å². The molecule has 0 atom stereocenters. The minimum Gasteiger partial charge on any atom is -0.493 e. The molecule has 26 heavy (non-hydrogen) atoms. The maximum Gasteiger partial charge on any atom is 0.261 e. The van der Waals surface area contributed by atoms with E-state index in [0.717, 1.165) is 5.56 Å². The molecule has 0 unspecified atom stereocenters. The second-order valence-corrected chi connectivity index (χ2v) is 5.92. The Morgan fingerprint density at radius 3 is 2.31 bits per heavy atom. The van der Waals surface area contributed by atoms with Crippen LogP contribution in [0.1, 0.15) is 39.6 Å². The van der Waals surface area contributed by atoms with Gasteiger partial charge in [0, 0.05) is 6.54 Å². The van der Waals surface area contributed by atoms with Crippen LogP contribution in [-0.4, -0.2) is 37.0 Å². The Bertz CT molecular complexity index is 822. The highest BCUT2D eigenvalue weighted by Gasteiger charge is 2.34. The molecule has 5 nitrogen and oxygen atoms in total. The van der Waals surface area contributed by atoms with Gasteiger partial charge in [0.25, 0.3) is 11.8 Å². The number of methoxy groups -OCH3 is 1. The molecule has 134 valence electrons. The van der Waals surface area contributed by atoms with Crippen molar-refractivity contribution in [3.05, 3.63) is 65.2 Å². The third kappa shape index (κ3) is 3.47. The van der Waals surface area contributed by atoms with Gasteiger partial charge >= 0.3 is 0 Å². The molecule has 2 amide bonds. The van der Waals surface area contributed by atoms with Crippen LogP contribution in [-0.2, 0) is 0 Å². The fraction of sp³-hybridized carbons (Fsp3) is 0.238. The molecule has 3 rings (SSSR count). The molecule has 0 aliphatic carbocycles. The van der Waals surface area contributed by atoms with Crippen molar-refractivity contribution in [2.45, 2.75) is 13.3 Å². The summed E-state index contributed by atoms with van der Waals surface area (Å²) < 4.78 is 11.1. The monoisotopic (exact) mass is 351 g/mol. The molecule has 1 heterocycles. The van der Waals surface area contributed by atoms with Crippen LogP contribution in [0.4, 0.5) is 0 Å². The Kier molecular flexibility index (Phi) is 5.37. The Labute approximate surface area is 152 Å². The number of rotatable bonds is 7. The van der Waals surface area contributed by atoms with Crippen LogP contribution in [0.5, 0.6) is 11.5 Å². The lowest BCUT2D eigenvalue weighted by Gasteiger charge is -2.15. The average molecular weight is 351 g/mol. The van der Waals surface area contributed by atoms with Gasteiger partial charge in [-0.2, -0.15) is 0 Å². The number of imide groups is 1. The zero-order valence-corrected chi connectivity index (χ0v) is 14.9. The van der Waals surface area contributed by atoms with Crippen molar-refractivity contribution in [2.24, 2.45) is 0 Å². The number of carbonyl (C=O) groups is 2. The minimum absolute atomic E-state index is 0.237. The largest absolute Gasteiger partial charge is 0.493 e. The number of allylic oxidation sites excluding steroid dienone is 1. The van der Waals surface area contributed by atoms with Gasteiger partial charge in [-0.15, -0.1) is 0 Å². The third-order valence-corrected chi connectivity index (χ3v) is 4.21. The van der Waals surface area contributed by atoms with E-state index >= 15 is 0 Å². The molecule has 0 saturated carbocycles.